The minimum Gasteiger partial charge on any atom is -0.497 e. The number of hydrogen-bond acceptors (Lipinski definition) is 12. The number of allylic oxidation sites excluding steroid dienone is 1. The molecule has 3 N–H and O–H groups in total. The number of amides is 4. The van der Waals surface area contributed by atoms with Gasteiger partial charge < -0.3 is 34.6 Å². The summed E-state index contributed by atoms with van der Waals surface area (Å²) in [7, 11) is 0.986. The van der Waals surface area contributed by atoms with Crippen LogP contribution in [0, 0.1) is 17.8 Å². The second-order valence-corrected chi connectivity index (χ2v) is 18.8. The molecule has 0 spiro atoms. The number of anilines is 1. The molecule has 16 nitrogen and oxygen atoms in total. The number of carbonyl (C=O) groups excluding carboxylic acids is 4. The van der Waals surface area contributed by atoms with Gasteiger partial charge in [0.15, 0.2) is 0 Å². The monoisotopic (exact) mass is 851 g/mol. The van der Waals surface area contributed by atoms with E-state index in [0.717, 1.165) is 0 Å². The molecule has 1 saturated heterocycles. The Labute approximate surface area is 341 Å². The largest absolute Gasteiger partial charge is 0.497 e. The second kappa shape index (κ2) is 16.3. The third-order valence-corrected chi connectivity index (χ3v) is 13.3. The van der Waals surface area contributed by atoms with Crippen LogP contribution in [0.25, 0.3) is 10.9 Å². The molecule has 3 heterocycles. The zero-order chi connectivity index (χ0) is 43.2. The Balaban J connectivity index is 1.37. The first-order valence-corrected chi connectivity index (χ1v) is 21.2. The number of fused-ring (bicyclic) bond motifs is 3. The summed E-state index contributed by atoms with van der Waals surface area (Å²) in [6, 6.07) is 2.29. The van der Waals surface area contributed by atoms with E-state index in [4.69, 9.17) is 14.2 Å². The highest BCUT2D eigenvalue weighted by Crippen LogP contribution is 2.46. The topological polar surface area (TPSA) is 198 Å². The first-order chi connectivity index (χ1) is 27.5. The van der Waals surface area contributed by atoms with E-state index in [9.17, 15) is 40.8 Å². The number of hydrogen-bond donors (Lipinski definition) is 3. The molecule has 2 aliphatic heterocycles. The number of ether oxygens (including phenoxy) is 3. The predicted molar refractivity (Wildman–Crippen MR) is 209 cm³/mol. The van der Waals surface area contributed by atoms with Crippen molar-refractivity contribution >= 4 is 50.7 Å². The minimum atomic E-state index is -4.92. The highest BCUT2D eigenvalue weighted by molar-refractivity contribution is 7.91. The van der Waals surface area contributed by atoms with Crippen LogP contribution in [-0.2, 0) is 29.1 Å². The zero-order valence-electron chi connectivity index (χ0n) is 34.1. The molecule has 7 atom stereocenters. The normalized spacial score (nSPS) is 28.5. The van der Waals surface area contributed by atoms with E-state index in [0.29, 0.717) is 62.6 Å². The van der Waals surface area contributed by atoms with Gasteiger partial charge in [-0.15, -0.1) is 0 Å². The van der Waals surface area contributed by atoms with Crippen LogP contribution in [0.5, 0.6) is 11.6 Å². The molecule has 59 heavy (non-hydrogen) atoms. The Morgan fingerprint density at radius 1 is 1.07 bits per heavy atom. The van der Waals surface area contributed by atoms with Gasteiger partial charge in [-0.3, -0.25) is 19.1 Å². The minimum absolute atomic E-state index is 0.0452. The molecule has 324 valence electrons. The Kier molecular flexibility index (Phi) is 12.1. The van der Waals surface area contributed by atoms with Crippen molar-refractivity contribution in [2.75, 3.05) is 32.6 Å². The van der Waals surface area contributed by atoms with Gasteiger partial charge in [-0.25, -0.2) is 18.2 Å². The fourth-order valence-electron chi connectivity index (χ4n) is 7.59. The summed E-state index contributed by atoms with van der Waals surface area (Å²) in [6.07, 6.45) is -1.40. The van der Waals surface area contributed by atoms with Crippen molar-refractivity contribution in [2.45, 2.75) is 113 Å². The maximum atomic E-state index is 14.8. The Morgan fingerprint density at radius 3 is 2.42 bits per heavy atom. The first-order valence-electron chi connectivity index (χ1n) is 19.7. The summed E-state index contributed by atoms with van der Waals surface area (Å²) in [4.78, 5) is 68.3. The maximum absolute atomic E-state index is 14.8. The van der Waals surface area contributed by atoms with Gasteiger partial charge in [0.25, 0.3) is 5.91 Å². The average Bonchev–Trinajstić information content (AvgIpc) is 4.07. The molecule has 0 bridgehead atoms. The number of nitrogens with one attached hydrogen (secondary N) is 3. The summed E-state index contributed by atoms with van der Waals surface area (Å²) >= 11 is 0. The molecular formula is C39H52F3N7O9S. The van der Waals surface area contributed by atoms with Crippen LogP contribution < -0.4 is 29.7 Å². The van der Waals surface area contributed by atoms with E-state index >= 15 is 0 Å². The standard InChI is InChI=1S/C39H52F3N7O9S/c1-21-10-8-9-11-23-19-38(23,34(52)47-59(54,55)26-13-14-26)46-31(50)29-18-25(57-32-27-15-12-24(56-7)17-28(27)43-35(45-32)48(5)6)20-49(29)33(51)30(22(2)16-21)44-36(53)58-37(3,4)39(40,41)42/h9,11-12,15,17,21-23,25-26,29-30H,8,10,13-14,16,18-20H2,1-7H3,(H,44,53)(H,46,50)(H,47,52)/b11-9-/t21-,22+,23+,25+,29-,30-,38+/m0/s1. The van der Waals surface area contributed by atoms with E-state index in [2.05, 4.69) is 25.3 Å². The fraction of sp³-hybridized carbons (Fsp3) is 0.641. The highest BCUT2D eigenvalue weighted by Gasteiger charge is 2.62. The van der Waals surface area contributed by atoms with Crippen LogP contribution in [0.15, 0.2) is 30.4 Å². The Morgan fingerprint density at radius 2 is 1.78 bits per heavy atom. The smallest absolute Gasteiger partial charge is 0.427 e. The van der Waals surface area contributed by atoms with Crippen molar-refractivity contribution in [1.82, 2.24) is 30.2 Å². The van der Waals surface area contributed by atoms with Crippen LogP contribution in [0.4, 0.5) is 23.9 Å². The lowest BCUT2D eigenvalue weighted by molar-refractivity contribution is -0.244. The molecule has 3 fully saturated rings. The molecule has 1 aromatic heterocycles. The van der Waals surface area contributed by atoms with Crippen molar-refractivity contribution in [2.24, 2.45) is 17.8 Å². The van der Waals surface area contributed by atoms with Crippen molar-refractivity contribution in [3.63, 3.8) is 0 Å². The zero-order valence-corrected chi connectivity index (χ0v) is 34.9. The molecule has 20 heteroatoms. The second-order valence-electron chi connectivity index (χ2n) is 16.9. The van der Waals surface area contributed by atoms with Crippen LogP contribution in [-0.4, -0.2) is 116 Å². The molecule has 4 aliphatic rings. The van der Waals surface area contributed by atoms with Gasteiger partial charge in [0.05, 0.1) is 29.8 Å². The molecule has 2 aliphatic carbocycles. The van der Waals surface area contributed by atoms with E-state index in [-0.39, 0.29) is 37.1 Å². The van der Waals surface area contributed by atoms with Gasteiger partial charge in [-0.05, 0) is 76.3 Å². The van der Waals surface area contributed by atoms with Crippen molar-refractivity contribution < 1.29 is 55.0 Å². The average molecular weight is 852 g/mol. The van der Waals surface area contributed by atoms with Crippen LogP contribution in [0.1, 0.15) is 72.6 Å². The Bertz CT molecular complexity index is 2110. The quantitative estimate of drug-likeness (QED) is 0.308. The fourth-order valence-corrected chi connectivity index (χ4v) is 8.95. The number of rotatable bonds is 9. The van der Waals surface area contributed by atoms with E-state index in [1.165, 1.54) is 12.0 Å². The highest BCUT2D eigenvalue weighted by atomic mass is 32.2. The SMILES string of the molecule is COc1ccc2c(O[C@@H]3C[C@H]4C(=O)N[C@]5(C(=O)NS(=O)(=O)C6CC6)C[C@H]5/C=C\CC[C@H](C)C[C@@H](C)[C@H](NC(=O)OC(C)(C)C(F)(F)F)C(=O)N4C3)nc(N(C)C)nc2c1. The number of alkyl carbamates (subject to hydrolysis) is 1. The molecule has 0 radical (unpaired) electrons. The van der Waals surface area contributed by atoms with Gasteiger partial charge in [0.1, 0.15) is 29.5 Å². The Hall–Kier alpha value is -4.88. The van der Waals surface area contributed by atoms with Crippen LogP contribution >= 0.6 is 0 Å². The lowest BCUT2D eigenvalue weighted by Gasteiger charge is -2.34. The van der Waals surface area contributed by atoms with Gasteiger partial charge in [-0.2, -0.15) is 18.2 Å². The third kappa shape index (κ3) is 9.46. The van der Waals surface area contributed by atoms with Crippen molar-refractivity contribution in [3.05, 3.63) is 30.4 Å². The van der Waals surface area contributed by atoms with Crippen LogP contribution in [0.3, 0.4) is 0 Å². The number of carbonyl (C=O) groups is 4. The molecule has 4 amide bonds. The number of nitrogens with zero attached hydrogens (tertiary/aromatic N) is 4. The van der Waals surface area contributed by atoms with Crippen LogP contribution in [0.2, 0.25) is 0 Å². The third-order valence-electron chi connectivity index (χ3n) is 11.5. The molecule has 0 unspecified atom stereocenters. The van der Waals surface area contributed by atoms with Gasteiger partial charge in [0.2, 0.25) is 39.3 Å². The molecule has 6 rings (SSSR count). The molecular weight excluding hydrogens is 800 g/mol. The van der Waals surface area contributed by atoms with Crippen molar-refractivity contribution in [3.8, 4) is 11.6 Å². The van der Waals surface area contributed by atoms with Gasteiger partial charge in [0, 0.05) is 32.5 Å². The summed E-state index contributed by atoms with van der Waals surface area (Å²) < 4.78 is 85.9. The summed E-state index contributed by atoms with van der Waals surface area (Å²) in [5, 5.41) is 4.96. The molecule has 1 aromatic carbocycles. The lowest BCUT2D eigenvalue weighted by Crippen LogP contribution is -2.59. The number of methoxy groups -OCH3 is 1. The number of aromatic nitrogens is 2. The number of sulfonamides is 1. The van der Waals surface area contributed by atoms with Gasteiger partial charge in [-0.1, -0.05) is 26.0 Å². The first kappa shape index (κ1) is 43.7. The van der Waals surface area contributed by atoms with E-state index in [1.807, 2.05) is 13.0 Å². The number of alkyl halides is 3. The predicted octanol–water partition coefficient (Wildman–Crippen LogP) is 3.98. The van der Waals surface area contributed by atoms with E-state index in [1.54, 1.807) is 50.2 Å². The number of benzene rings is 1. The summed E-state index contributed by atoms with van der Waals surface area (Å²) in [5.74, 6) is -2.78. The lowest BCUT2D eigenvalue weighted by atomic mass is 9.88. The number of halogens is 3. The van der Waals surface area contributed by atoms with Gasteiger partial charge >= 0.3 is 12.3 Å². The maximum Gasteiger partial charge on any atom is 0.427 e. The summed E-state index contributed by atoms with van der Waals surface area (Å²) in [6.45, 7) is 4.75. The summed E-state index contributed by atoms with van der Waals surface area (Å²) in [5.41, 5.74) is -4.06. The molecule has 2 aromatic rings. The van der Waals surface area contributed by atoms with E-state index < -0.39 is 86.4 Å². The molecule has 2 saturated carbocycles. The van der Waals surface area contributed by atoms with Crippen molar-refractivity contribution in [1.29, 1.82) is 0 Å².